The van der Waals surface area contributed by atoms with E-state index in [9.17, 15) is 0 Å². The van der Waals surface area contributed by atoms with Crippen LogP contribution in [-0.4, -0.2) is 15.0 Å². The Bertz CT molecular complexity index is 1170. The van der Waals surface area contributed by atoms with Gasteiger partial charge in [0.15, 0.2) is 0 Å². The zero-order valence-electron chi connectivity index (χ0n) is 12.1. The second-order valence-corrected chi connectivity index (χ2v) is 5.39. The molecule has 4 nitrogen and oxygen atoms in total. The number of para-hydroxylation sites is 1. The molecule has 0 saturated heterocycles. The Morgan fingerprint density at radius 1 is 0.696 bits per heavy atom. The quantitative estimate of drug-likeness (QED) is 0.454. The first-order valence-corrected chi connectivity index (χ1v) is 7.37. The molecule has 0 radical (unpaired) electrons. The zero-order chi connectivity index (χ0) is 15.2. The van der Waals surface area contributed by atoms with Gasteiger partial charge >= 0.3 is 0 Å². The highest BCUT2D eigenvalue weighted by Gasteiger charge is 2.15. The maximum Gasteiger partial charge on any atom is 0.139 e. The van der Waals surface area contributed by atoms with Crippen molar-refractivity contribution in [1.82, 2.24) is 15.0 Å². The molecule has 108 valence electrons. The van der Waals surface area contributed by atoms with Crippen LogP contribution >= 0.6 is 0 Å². The van der Waals surface area contributed by atoms with Gasteiger partial charge in [0.25, 0.3) is 0 Å². The Balaban J connectivity index is 1.96. The van der Waals surface area contributed by atoms with Crippen LogP contribution in [0, 0.1) is 0 Å². The van der Waals surface area contributed by atoms with Crippen molar-refractivity contribution in [2.45, 2.75) is 0 Å². The van der Waals surface area contributed by atoms with E-state index in [2.05, 4.69) is 21.0 Å². The summed E-state index contributed by atoms with van der Waals surface area (Å²) in [6, 6.07) is 13.8. The molecular formula is C19H11N3O. The fourth-order valence-corrected chi connectivity index (χ4v) is 3.05. The molecular weight excluding hydrogens is 286 g/mol. The number of rotatable bonds is 1. The van der Waals surface area contributed by atoms with Crippen molar-refractivity contribution in [3.8, 4) is 11.4 Å². The monoisotopic (exact) mass is 297 g/mol. The third-order valence-electron chi connectivity index (χ3n) is 4.08. The fourth-order valence-electron chi connectivity index (χ4n) is 3.05. The van der Waals surface area contributed by atoms with E-state index in [1.807, 2.05) is 42.6 Å². The molecule has 0 aliphatic rings. The summed E-state index contributed by atoms with van der Waals surface area (Å²) in [6.07, 6.45) is 7.19. The smallest absolute Gasteiger partial charge is 0.139 e. The number of fused-ring (bicyclic) bond motifs is 4. The Kier molecular flexibility index (Phi) is 2.46. The van der Waals surface area contributed by atoms with Crippen LogP contribution in [0.4, 0.5) is 0 Å². The lowest BCUT2D eigenvalue weighted by Gasteiger charge is -2.05. The van der Waals surface area contributed by atoms with Crippen LogP contribution < -0.4 is 0 Å². The van der Waals surface area contributed by atoms with Crippen LogP contribution in [0.1, 0.15) is 0 Å². The minimum absolute atomic E-state index is 0.818. The largest absolute Gasteiger partial charge is 0.456 e. The van der Waals surface area contributed by atoms with Gasteiger partial charge in [-0.3, -0.25) is 15.0 Å². The van der Waals surface area contributed by atoms with Gasteiger partial charge in [-0.2, -0.15) is 0 Å². The average Bonchev–Trinajstić information content (AvgIpc) is 3.00. The van der Waals surface area contributed by atoms with Crippen molar-refractivity contribution < 1.29 is 4.42 Å². The van der Waals surface area contributed by atoms with Crippen molar-refractivity contribution in [3.05, 3.63) is 67.3 Å². The second-order valence-electron chi connectivity index (χ2n) is 5.39. The molecule has 0 unspecified atom stereocenters. The van der Waals surface area contributed by atoms with Gasteiger partial charge < -0.3 is 4.42 Å². The van der Waals surface area contributed by atoms with Gasteiger partial charge in [0.05, 0.1) is 11.1 Å². The Hall–Kier alpha value is -3.27. The summed E-state index contributed by atoms with van der Waals surface area (Å²) < 4.78 is 5.94. The van der Waals surface area contributed by atoms with Crippen molar-refractivity contribution in [2.75, 3.05) is 0 Å². The molecule has 4 heterocycles. The lowest BCUT2D eigenvalue weighted by molar-refractivity contribution is 0.668. The summed E-state index contributed by atoms with van der Waals surface area (Å²) >= 11 is 0. The summed E-state index contributed by atoms with van der Waals surface area (Å²) in [6.45, 7) is 0. The first-order valence-electron chi connectivity index (χ1n) is 7.37. The summed E-state index contributed by atoms with van der Waals surface area (Å²) in [5, 5.41) is 4.12. The van der Waals surface area contributed by atoms with Crippen molar-refractivity contribution in [1.29, 1.82) is 0 Å². The molecule has 5 aromatic rings. The van der Waals surface area contributed by atoms with E-state index in [0.29, 0.717) is 0 Å². The van der Waals surface area contributed by atoms with Crippen molar-refractivity contribution >= 4 is 32.7 Å². The lowest BCUT2D eigenvalue weighted by Crippen LogP contribution is -1.90. The van der Waals surface area contributed by atoms with E-state index in [1.165, 1.54) is 0 Å². The van der Waals surface area contributed by atoms with Crippen LogP contribution in [0.5, 0.6) is 0 Å². The Morgan fingerprint density at radius 2 is 1.52 bits per heavy atom. The molecule has 0 spiro atoms. The van der Waals surface area contributed by atoms with Crippen molar-refractivity contribution in [2.24, 2.45) is 0 Å². The third-order valence-corrected chi connectivity index (χ3v) is 4.08. The fraction of sp³-hybridized carbons (Fsp3) is 0. The second kappa shape index (κ2) is 4.61. The molecule has 0 fully saturated rings. The maximum atomic E-state index is 5.94. The predicted molar refractivity (Wildman–Crippen MR) is 90.0 cm³/mol. The van der Waals surface area contributed by atoms with Crippen LogP contribution in [0.15, 0.2) is 71.7 Å². The first-order chi connectivity index (χ1) is 11.4. The SMILES string of the molecule is c1ccc2c(c1)oc1ccnc(-c3nccc4ccncc34)c12. The van der Waals surface area contributed by atoms with Gasteiger partial charge in [0.1, 0.15) is 16.9 Å². The number of pyridine rings is 3. The van der Waals surface area contributed by atoms with Gasteiger partial charge in [0.2, 0.25) is 0 Å². The summed E-state index contributed by atoms with van der Waals surface area (Å²) in [4.78, 5) is 13.4. The number of hydrogen-bond donors (Lipinski definition) is 0. The molecule has 0 N–H and O–H groups in total. The highest BCUT2D eigenvalue weighted by molar-refractivity contribution is 6.13. The van der Waals surface area contributed by atoms with E-state index in [-0.39, 0.29) is 0 Å². The van der Waals surface area contributed by atoms with Gasteiger partial charge in [-0.25, -0.2) is 0 Å². The number of furan rings is 1. The van der Waals surface area contributed by atoms with Crippen LogP contribution in [0.25, 0.3) is 44.1 Å². The molecule has 0 aliphatic heterocycles. The highest BCUT2D eigenvalue weighted by Crippen LogP contribution is 2.36. The molecule has 5 rings (SSSR count). The number of nitrogens with zero attached hydrogens (tertiary/aromatic N) is 3. The summed E-state index contributed by atoms with van der Waals surface area (Å²) in [7, 11) is 0. The maximum absolute atomic E-state index is 5.94. The third kappa shape index (κ3) is 1.75. The summed E-state index contributed by atoms with van der Waals surface area (Å²) in [5.41, 5.74) is 3.33. The zero-order valence-corrected chi connectivity index (χ0v) is 12.1. The number of hydrogen-bond acceptors (Lipinski definition) is 4. The molecule has 4 heteroatoms. The normalized spacial score (nSPS) is 11.5. The average molecular weight is 297 g/mol. The van der Waals surface area contributed by atoms with Gasteiger partial charge in [-0.05, 0) is 29.7 Å². The number of benzene rings is 1. The van der Waals surface area contributed by atoms with Crippen LogP contribution in [-0.2, 0) is 0 Å². The predicted octanol–water partition coefficient (Wildman–Crippen LogP) is 4.59. The molecule has 0 bridgehead atoms. The molecule has 23 heavy (non-hydrogen) atoms. The molecule has 0 atom stereocenters. The van der Waals surface area contributed by atoms with E-state index in [4.69, 9.17) is 4.42 Å². The Labute approximate surface area is 131 Å². The van der Waals surface area contributed by atoms with Gasteiger partial charge in [-0.15, -0.1) is 0 Å². The lowest BCUT2D eigenvalue weighted by atomic mass is 10.1. The van der Waals surface area contributed by atoms with E-state index in [0.717, 1.165) is 44.1 Å². The molecule has 0 amide bonds. The molecule has 4 aromatic heterocycles. The Morgan fingerprint density at radius 3 is 2.52 bits per heavy atom. The summed E-state index contributed by atoms with van der Waals surface area (Å²) in [5.74, 6) is 0. The minimum atomic E-state index is 0.818. The number of aromatic nitrogens is 3. The van der Waals surface area contributed by atoms with E-state index >= 15 is 0 Å². The first kappa shape index (κ1) is 12.3. The molecule has 1 aromatic carbocycles. The highest BCUT2D eigenvalue weighted by atomic mass is 16.3. The van der Waals surface area contributed by atoms with E-state index in [1.54, 1.807) is 18.6 Å². The topological polar surface area (TPSA) is 51.8 Å². The van der Waals surface area contributed by atoms with Gasteiger partial charge in [-0.1, -0.05) is 18.2 Å². The molecule has 0 saturated carbocycles. The standard InChI is InChI=1S/C19H11N3O/c1-2-4-15-13(3-1)17-16(23-15)7-10-22-19(17)18-14-11-20-8-5-12(14)6-9-21-18/h1-11H. The minimum Gasteiger partial charge on any atom is -0.456 e. The van der Waals surface area contributed by atoms with Crippen molar-refractivity contribution in [3.63, 3.8) is 0 Å². The van der Waals surface area contributed by atoms with Gasteiger partial charge in [0, 0.05) is 35.6 Å². The van der Waals surface area contributed by atoms with E-state index < -0.39 is 0 Å². The van der Waals surface area contributed by atoms with Crippen LogP contribution in [0.2, 0.25) is 0 Å². The molecule has 0 aliphatic carbocycles. The van der Waals surface area contributed by atoms with Crippen LogP contribution in [0.3, 0.4) is 0 Å².